The minimum atomic E-state index is -0.318. The molecule has 0 radical (unpaired) electrons. The monoisotopic (exact) mass is 392 g/mol. The molecule has 0 bridgehead atoms. The molecule has 0 saturated carbocycles. The van der Waals surface area contributed by atoms with Crippen LogP contribution >= 0.6 is 0 Å². The number of nitrogens with zero attached hydrogens (tertiary/aromatic N) is 3. The van der Waals surface area contributed by atoms with Crippen molar-refractivity contribution < 1.29 is 14.0 Å². The predicted molar refractivity (Wildman–Crippen MR) is 106 cm³/mol. The Labute approximate surface area is 167 Å². The highest BCUT2D eigenvalue weighted by Gasteiger charge is 2.28. The summed E-state index contributed by atoms with van der Waals surface area (Å²) >= 11 is 0. The zero-order valence-corrected chi connectivity index (χ0v) is 16.0. The van der Waals surface area contributed by atoms with E-state index in [9.17, 15) is 14.0 Å². The van der Waals surface area contributed by atoms with Gasteiger partial charge < -0.3 is 10.2 Å². The summed E-state index contributed by atoms with van der Waals surface area (Å²) in [6.07, 6.45) is 0. The maximum Gasteiger partial charge on any atom is 0.272 e. The van der Waals surface area contributed by atoms with Gasteiger partial charge in [-0.3, -0.25) is 14.3 Å². The molecule has 7 heteroatoms. The molecule has 0 fully saturated rings. The van der Waals surface area contributed by atoms with E-state index in [1.807, 2.05) is 37.3 Å². The summed E-state index contributed by atoms with van der Waals surface area (Å²) in [7, 11) is 0. The Bertz CT molecular complexity index is 1030. The van der Waals surface area contributed by atoms with Crippen LogP contribution in [0.25, 0.3) is 0 Å². The van der Waals surface area contributed by atoms with E-state index in [0.29, 0.717) is 25.3 Å². The van der Waals surface area contributed by atoms with Gasteiger partial charge in [0.05, 0.1) is 12.6 Å². The lowest BCUT2D eigenvalue weighted by Crippen LogP contribution is -2.39. The van der Waals surface area contributed by atoms with Crippen LogP contribution in [0.5, 0.6) is 0 Å². The quantitative estimate of drug-likeness (QED) is 0.725. The fourth-order valence-corrected chi connectivity index (χ4v) is 3.41. The van der Waals surface area contributed by atoms with E-state index in [1.54, 1.807) is 21.7 Å². The maximum atomic E-state index is 13.1. The molecule has 4 rings (SSSR count). The Morgan fingerprint density at radius 3 is 2.59 bits per heavy atom. The fourth-order valence-electron chi connectivity index (χ4n) is 3.41. The van der Waals surface area contributed by atoms with Gasteiger partial charge in [0, 0.05) is 19.2 Å². The molecule has 3 aromatic rings. The van der Waals surface area contributed by atoms with Crippen molar-refractivity contribution in [3.05, 3.63) is 89.0 Å². The second-order valence-corrected chi connectivity index (χ2v) is 7.10. The van der Waals surface area contributed by atoms with E-state index in [-0.39, 0.29) is 29.4 Å². The first-order valence-electron chi connectivity index (χ1n) is 9.48. The first kappa shape index (κ1) is 18.9. The van der Waals surface area contributed by atoms with Gasteiger partial charge in [0.2, 0.25) is 0 Å². The van der Waals surface area contributed by atoms with E-state index in [4.69, 9.17) is 0 Å². The molecule has 29 heavy (non-hydrogen) atoms. The second kappa shape index (κ2) is 7.87. The summed E-state index contributed by atoms with van der Waals surface area (Å²) in [4.78, 5) is 27.1. The molecule has 0 spiro atoms. The van der Waals surface area contributed by atoms with Gasteiger partial charge in [-0.05, 0) is 30.2 Å². The first-order chi connectivity index (χ1) is 14.0. The van der Waals surface area contributed by atoms with Crippen molar-refractivity contribution in [1.29, 1.82) is 0 Å². The highest BCUT2D eigenvalue weighted by molar-refractivity contribution is 5.98. The van der Waals surface area contributed by atoms with E-state index in [0.717, 1.165) is 11.1 Å². The highest BCUT2D eigenvalue weighted by Crippen LogP contribution is 2.18. The summed E-state index contributed by atoms with van der Waals surface area (Å²) in [5.41, 5.74) is 2.45. The Kier molecular flexibility index (Phi) is 5.12. The Balaban J connectivity index is 1.46. The summed E-state index contributed by atoms with van der Waals surface area (Å²) < 4.78 is 14.7. The van der Waals surface area contributed by atoms with Crippen LogP contribution in [0.15, 0.2) is 60.7 Å². The van der Waals surface area contributed by atoms with E-state index in [2.05, 4.69) is 10.4 Å². The molecule has 1 aromatic heterocycles. The Morgan fingerprint density at radius 2 is 1.86 bits per heavy atom. The first-order valence-corrected chi connectivity index (χ1v) is 9.48. The number of halogens is 1. The molecule has 148 valence electrons. The van der Waals surface area contributed by atoms with Crippen molar-refractivity contribution in [3.8, 4) is 0 Å². The number of aromatic nitrogens is 2. The molecule has 0 aliphatic carbocycles. The molecule has 0 unspecified atom stereocenters. The van der Waals surface area contributed by atoms with Crippen molar-refractivity contribution in [3.63, 3.8) is 0 Å². The van der Waals surface area contributed by atoms with Crippen LogP contribution in [-0.2, 0) is 13.1 Å². The van der Waals surface area contributed by atoms with Gasteiger partial charge in [0.1, 0.15) is 11.5 Å². The maximum absolute atomic E-state index is 13.1. The number of carbonyl (C=O) groups is 2. The molecule has 1 atom stereocenters. The van der Waals surface area contributed by atoms with Crippen LogP contribution in [0.3, 0.4) is 0 Å². The van der Waals surface area contributed by atoms with Crippen molar-refractivity contribution in [2.45, 2.75) is 26.1 Å². The molecule has 1 aliphatic heterocycles. The molecular weight excluding hydrogens is 371 g/mol. The lowest BCUT2D eigenvalue weighted by molar-refractivity contribution is 0.0683. The molecule has 0 saturated heterocycles. The average molecular weight is 392 g/mol. The summed E-state index contributed by atoms with van der Waals surface area (Å²) in [5, 5.41) is 7.23. The van der Waals surface area contributed by atoms with E-state index in [1.165, 1.54) is 18.2 Å². The van der Waals surface area contributed by atoms with Crippen molar-refractivity contribution >= 4 is 11.8 Å². The van der Waals surface area contributed by atoms with Crippen LogP contribution in [0.4, 0.5) is 4.39 Å². The molecule has 2 aromatic carbocycles. The Hall–Kier alpha value is -3.48. The third-order valence-corrected chi connectivity index (χ3v) is 5.03. The summed E-state index contributed by atoms with van der Waals surface area (Å²) in [6, 6.07) is 17.1. The smallest absolute Gasteiger partial charge is 0.272 e. The number of rotatable bonds is 5. The largest absolute Gasteiger partial charge is 0.344 e. The summed E-state index contributed by atoms with van der Waals surface area (Å²) in [5.74, 6) is -0.818. The number of nitrogens with one attached hydrogen (secondary N) is 1. The lowest BCUT2D eigenvalue weighted by Gasteiger charge is -2.27. The molecule has 6 nitrogen and oxygen atoms in total. The third-order valence-electron chi connectivity index (χ3n) is 5.03. The number of hydrogen-bond donors (Lipinski definition) is 1. The average Bonchev–Trinajstić information content (AvgIpc) is 3.18. The van der Waals surface area contributed by atoms with Gasteiger partial charge in [-0.2, -0.15) is 5.10 Å². The zero-order chi connectivity index (χ0) is 20.4. The van der Waals surface area contributed by atoms with Crippen LogP contribution in [0.1, 0.15) is 45.1 Å². The number of carbonyl (C=O) groups excluding carboxylic acids is 2. The van der Waals surface area contributed by atoms with Crippen LogP contribution in [0.2, 0.25) is 0 Å². The van der Waals surface area contributed by atoms with Gasteiger partial charge in [0.15, 0.2) is 5.69 Å². The van der Waals surface area contributed by atoms with Gasteiger partial charge in [-0.25, -0.2) is 4.39 Å². The number of benzene rings is 2. The number of hydrogen-bond acceptors (Lipinski definition) is 3. The molecule has 1 aliphatic rings. The highest BCUT2D eigenvalue weighted by atomic mass is 19.1. The van der Waals surface area contributed by atoms with Crippen molar-refractivity contribution in [1.82, 2.24) is 20.0 Å². The molecule has 2 heterocycles. The predicted octanol–water partition coefficient (Wildman–Crippen LogP) is 3.17. The SMILES string of the molecule is C[C@H](NC(=O)c1cc2n(n1)CCN(Cc1ccc(F)cc1)C2=O)c1ccccc1. The molecular formula is C22H21FN4O2. The Morgan fingerprint density at radius 1 is 1.14 bits per heavy atom. The second-order valence-electron chi connectivity index (χ2n) is 7.10. The molecule has 1 N–H and O–H groups in total. The van der Waals surface area contributed by atoms with E-state index < -0.39 is 0 Å². The van der Waals surface area contributed by atoms with Gasteiger partial charge >= 0.3 is 0 Å². The number of fused-ring (bicyclic) bond motifs is 1. The minimum Gasteiger partial charge on any atom is -0.344 e. The standard InChI is InChI=1S/C22H21FN4O2/c1-15(17-5-3-2-4-6-17)24-21(28)19-13-20-22(29)26(11-12-27(20)25-19)14-16-7-9-18(23)10-8-16/h2-10,13,15H,11-12,14H2,1H3,(H,24,28)/t15-/m0/s1. The summed E-state index contributed by atoms with van der Waals surface area (Å²) in [6.45, 7) is 3.27. The van der Waals surface area contributed by atoms with Gasteiger partial charge in [-0.15, -0.1) is 0 Å². The normalized spacial score (nSPS) is 14.4. The van der Waals surface area contributed by atoms with Gasteiger partial charge in [-0.1, -0.05) is 42.5 Å². The van der Waals surface area contributed by atoms with E-state index >= 15 is 0 Å². The fraction of sp³-hybridized carbons (Fsp3) is 0.227. The molecule has 2 amide bonds. The van der Waals surface area contributed by atoms with Crippen LogP contribution < -0.4 is 5.32 Å². The van der Waals surface area contributed by atoms with Gasteiger partial charge in [0.25, 0.3) is 11.8 Å². The van der Waals surface area contributed by atoms with Crippen molar-refractivity contribution in [2.75, 3.05) is 6.54 Å². The van der Waals surface area contributed by atoms with Crippen LogP contribution in [0, 0.1) is 5.82 Å². The lowest BCUT2D eigenvalue weighted by atomic mass is 10.1. The van der Waals surface area contributed by atoms with Crippen LogP contribution in [-0.4, -0.2) is 33.0 Å². The van der Waals surface area contributed by atoms with Crippen molar-refractivity contribution in [2.24, 2.45) is 0 Å². The third kappa shape index (κ3) is 4.03. The minimum absolute atomic E-state index is 0.173. The zero-order valence-electron chi connectivity index (χ0n) is 16.0. The topological polar surface area (TPSA) is 67.2 Å². The number of amides is 2.